The van der Waals surface area contributed by atoms with E-state index in [4.69, 9.17) is 11.6 Å². The molecule has 17 heavy (non-hydrogen) atoms. The summed E-state index contributed by atoms with van der Waals surface area (Å²) in [6.45, 7) is 1.53. The Morgan fingerprint density at radius 3 is 3.06 bits per heavy atom. The van der Waals surface area contributed by atoms with Gasteiger partial charge in [0, 0.05) is 13.1 Å². The fraction of sp³-hybridized carbons (Fsp3) is 0.455. The molecule has 5 N–H and O–H groups in total. The fourth-order valence-corrected chi connectivity index (χ4v) is 2.10. The molecule has 0 radical (unpaired) electrons. The molecule has 1 aliphatic rings. The lowest BCUT2D eigenvalue weighted by molar-refractivity contribution is -0.122. The summed E-state index contributed by atoms with van der Waals surface area (Å²) in [6.07, 6.45) is 1.82. The minimum absolute atomic E-state index is 0.0833. The van der Waals surface area contributed by atoms with Crippen LogP contribution in [0, 0.1) is 5.92 Å². The quantitative estimate of drug-likeness (QED) is 0.509. The molecule has 0 saturated carbocycles. The Kier molecular flexibility index (Phi) is 3.43. The summed E-state index contributed by atoms with van der Waals surface area (Å²) in [5, 5.41) is 0. The summed E-state index contributed by atoms with van der Waals surface area (Å²) >= 11 is 0. The van der Waals surface area contributed by atoms with Crippen molar-refractivity contribution >= 4 is 17.5 Å². The van der Waals surface area contributed by atoms with Crippen molar-refractivity contribution in [2.75, 3.05) is 23.4 Å². The van der Waals surface area contributed by atoms with Crippen molar-refractivity contribution in [3.05, 3.63) is 18.2 Å². The number of nitrogens with two attached hydrogens (primary N) is 2. The maximum absolute atomic E-state index is 11.2. The Labute approximate surface area is 100.0 Å². The minimum Gasteiger partial charge on any atom is -0.369 e. The standard InChI is InChI=1S/C11H17N5O/c12-11(17)8-3-2-6-16(7-8)10-5-1-4-9(14-10)15-13/h1,4-5,8H,2-3,6-7,13H2,(H2,12,17)(H,14,15). The van der Waals surface area contributed by atoms with Crippen molar-refractivity contribution in [2.45, 2.75) is 12.8 Å². The van der Waals surface area contributed by atoms with E-state index >= 15 is 0 Å². The van der Waals surface area contributed by atoms with E-state index in [1.165, 1.54) is 0 Å². The summed E-state index contributed by atoms with van der Waals surface area (Å²) in [7, 11) is 0. The first-order chi connectivity index (χ1) is 8.20. The average Bonchev–Trinajstić information content (AvgIpc) is 2.39. The summed E-state index contributed by atoms with van der Waals surface area (Å²) in [4.78, 5) is 17.6. The van der Waals surface area contributed by atoms with Gasteiger partial charge >= 0.3 is 0 Å². The highest BCUT2D eigenvalue weighted by molar-refractivity contribution is 5.77. The van der Waals surface area contributed by atoms with Gasteiger partial charge in [-0.15, -0.1) is 0 Å². The third-order valence-corrected chi connectivity index (χ3v) is 3.03. The predicted octanol–water partition coefficient (Wildman–Crippen LogP) is 0.0689. The van der Waals surface area contributed by atoms with Crippen molar-refractivity contribution in [2.24, 2.45) is 17.5 Å². The molecule has 1 unspecified atom stereocenters. The Balaban J connectivity index is 2.13. The highest BCUT2D eigenvalue weighted by Gasteiger charge is 2.24. The topological polar surface area (TPSA) is 97.3 Å². The number of anilines is 2. The zero-order valence-electron chi connectivity index (χ0n) is 9.60. The summed E-state index contributed by atoms with van der Waals surface area (Å²) in [5.74, 6) is 6.44. The van der Waals surface area contributed by atoms with Crippen molar-refractivity contribution in [3.8, 4) is 0 Å². The lowest BCUT2D eigenvalue weighted by Crippen LogP contribution is -2.41. The van der Waals surface area contributed by atoms with Crippen LogP contribution in [0.3, 0.4) is 0 Å². The first-order valence-corrected chi connectivity index (χ1v) is 5.68. The largest absolute Gasteiger partial charge is 0.369 e. The molecule has 1 fully saturated rings. The number of pyridine rings is 1. The minimum atomic E-state index is -0.234. The van der Waals surface area contributed by atoms with E-state index < -0.39 is 0 Å². The molecular formula is C11H17N5O. The van der Waals surface area contributed by atoms with Crippen LogP contribution >= 0.6 is 0 Å². The van der Waals surface area contributed by atoms with Gasteiger partial charge in [0.2, 0.25) is 5.91 Å². The van der Waals surface area contributed by atoms with Crippen molar-refractivity contribution < 1.29 is 4.79 Å². The number of hydrazine groups is 1. The van der Waals surface area contributed by atoms with Gasteiger partial charge in [0.25, 0.3) is 0 Å². The first kappa shape index (κ1) is 11.7. The predicted molar refractivity (Wildman–Crippen MR) is 66.2 cm³/mol. The molecule has 0 aromatic carbocycles. The molecule has 0 aliphatic carbocycles. The van der Waals surface area contributed by atoms with Crippen molar-refractivity contribution in [1.29, 1.82) is 0 Å². The third kappa shape index (κ3) is 2.65. The summed E-state index contributed by atoms with van der Waals surface area (Å²) < 4.78 is 0. The van der Waals surface area contributed by atoms with Crippen LogP contribution < -0.4 is 21.9 Å². The smallest absolute Gasteiger partial charge is 0.222 e. The molecule has 1 aromatic rings. The van der Waals surface area contributed by atoms with Crippen LogP contribution in [0.5, 0.6) is 0 Å². The Hall–Kier alpha value is -1.82. The van der Waals surface area contributed by atoms with Crippen molar-refractivity contribution in [3.63, 3.8) is 0 Å². The molecule has 1 aromatic heterocycles. The molecule has 0 spiro atoms. The zero-order chi connectivity index (χ0) is 12.3. The molecule has 6 nitrogen and oxygen atoms in total. The molecule has 1 amide bonds. The van der Waals surface area contributed by atoms with Crippen LogP contribution in [0.1, 0.15) is 12.8 Å². The van der Waals surface area contributed by atoms with E-state index in [-0.39, 0.29) is 11.8 Å². The van der Waals surface area contributed by atoms with Crippen LogP contribution in [0.15, 0.2) is 18.2 Å². The van der Waals surface area contributed by atoms with E-state index in [1.807, 2.05) is 12.1 Å². The van der Waals surface area contributed by atoms with Gasteiger partial charge < -0.3 is 16.1 Å². The average molecular weight is 235 g/mol. The third-order valence-electron chi connectivity index (χ3n) is 3.03. The van der Waals surface area contributed by atoms with Gasteiger partial charge in [0.15, 0.2) is 0 Å². The van der Waals surface area contributed by atoms with Crippen LogP contribution in [0.2, 0.25) is 0 Å². The molecule has 92 valence electrons. The zero-order valence-corrected chi connectivity index (χ0v) is 9.60. The molecule has 0 bridgehead atoms. The van der Waals surface area contributed by atoms with Gasteiger partial charge in [-0.3, -0.25) is 4.79 Å². The maximum atomic E-state index is 11.2. The lowest BCUT2D eigenvalue weighted by atomic mass is 9.97. The number of rotatable bonds is 3. The van der Waals surface area contributed by atoms with E-state index in [1.54, 1.807) is 6.07 Å². The van der Waals surface area contributed by atoms with Gasteiger partial charge in [-0.05, 0) is 25.0 Å². The number of nitrogens with one attached hydrogen (secondary N) is 1. The second-order valence-corrected chi connectivity index (χ2v) is 4.21. The molecule has 2 rings (SSSR count). The normalized spacial score (nSPS) is 20.1. The number of carbonyl (C=O) groups is 1. The van der Waals surface area contributed by atoms with Crippen LogP contribution in [-0.2, 0) is 4.79 Å². The number of carbonyl (C=O) groups excluding carboxylic acids is 1. The Morgan fingerprint density at radius 1 is 1.53 bits per heavy atom. The highest BCUT2D eigenvalue weighted by Crippen LogP contribution is 2.22. The number of hydrogen-bond donors (Lipinski definition) is 3. The first-order valence-electron chi connectivity index (χ1n) is 5.68. The van der Waals surface area contributed by atoms with E-state index in [0.29, 0.717) is 12.4 Å². The Bertz CT molecular complexity index is 409. The van der Waals surface area contributed by atoms with Gasteiger partial charge in [-0.1, -0.05) is 6.07 Å². The second-order valence-electron chi connectivity index (χ2n) is 4.21. The molecule has 2 heterocycles. The molecule has 6 heteroatoms. The Morgan fingerprint density at radius 2 is 2.35 bits per heavy atom. The molecule has 1 aliphatic heterocycles. The van der Waals surface area contributed by atoms with Gasteiger partial charge in [-0.2, -0.15) is 0 Å². The molecule has 1 saturated heterocycles. The number of piperidine rings is 1. The van der Waals surface area contributed by atoms with Crippen LogP contribution in [-0.4, -0.2) is 24.0 Å². The maximum Gasteiger partial charge on any atom is 0.222 e. The van der Waals surface area contributed by atoms with Crippen molar-refractivity contribution in [1.82, 2.24) is 4.98 Å². The summed E-state index contributed by atoms with van der Waals surface area (Å²) in [6, 6.07) is 5.58. The number of amides is 1. The van der Waals surface area contributed by atoms with Gasteiger partial charge in [0.05, 0.1) is 5.92 Å². The lowest BCUT2D eigenvalue weighted by Gasteiger charge is -2.32. The van der Waals surface area contributed by atoms with Crippen LogP contribution in [0.25, 0.3) is 0 Å². The molecule has 1 atom stereocenters. The number of nitrogens with zero attached hydrogens (tertiary/aromatic N) is 2. The van der Waals surface area contributed by atoms with E-state index in [2.05, 4.69) is 15.3 Å². The number of hydrogen-bond acceptors (Lipinski definition) is 5. The SMILES string of the molecule is NNc1cccc(N2CCCC(C(N)=O)C2)n1. The highest BCUT2D eigenvalue weighted by atomic mass is 16.1. The van der Waals surface area contributed by atoms with Gasteiger partial charge in [0.1, 0.15) is 11.6 Å². The number of primary amides is 1. The van der Waals surface area contributed by atoms with Gasteiger partial charge in [-0.25, -0.2) is 10.8 Å². The fourth-order valence-electron chi connectivity index (χ4n) is 2.10. The number of nitrogen functional groups attached to an aromatic ring is 1. The molecular weight excluding hydrogens is 218 g/mol. The van der Waals surface area contributed by atoms with Crippen LogP contribution in [0.4, 0.5) is 11.6 Å². The monoisotopic (exact) mass is 235 g/mol. The summed E-state index contributed by atoms with van der Waals surface area (Å²) in [5.41, 5.74) is 7.86. The second kappa shape index (κ2) is 5.01. The number of aromatic nitrogens is 1. The van der Waals surface area contributed by atoms with E-state index in [0.717, 1.165) is 25.2 Å². The van der Waals surface area contributed by atoms with E-state index in [9.17, 15) is 4.79 Å².